The molecule has 0 saturated heterocycles. The van der Waals surface area contributed by atoms with E-state index in [1.54, 1.807) is 0 Å². The summed E-state index contributed by atoms with van der Waals surface area (Å²) in [4.78, 5) is 16.6. The zero-order valence-corrected chi connectivity index (χ0v) is 12.6. The fourth-order valence-corrected chi connectivity index (χ4v) is 3.07. The SMILES string of the molecule is CCCc1ccc(C(=O)Nc2nc3ccccc3s2)cc1. The van der Waals surface area contributed by atoms with Crippen LogP contribution in [0.1, 0.15) is 29.3 Å². The Morgan fingerprint density at radius 2 is 1.90 bits per heavy atom. The summed E-state index contributed by atoms with van der Waals surface area (Å²) < 4.78 is 1.08. The molecule has 1 heterocycles. The number of anilines is 1. The Morgan fingerprint density at radius 3 is 2.62 bits per heavy atom. The number of nitrogens with one attached hydrogen (secondary N) is 1. The average molecular weight is 296 g/mol. The highest BCUT2D eigenvalue weighted by molar-refractivity contribution is 7.22. The summed E-state index contributed by atoms with van der Waals surface area (Å²) in [6, 6.07) is 15.6. The second-order valence-electron chi connectivity index (χ2n) is 4.89. The van der Waals surface area contributed by atoms with E-state index in [9.17, 15) is 4.79 Å². The summed E-state index contributed by atoms with van der Waals surface area (Å²) in [5, 5.41) is 3.51. The molecule has 0 unspecified atom stereocenters. The molecule has 0 aliphatic rings. The Labute approximate surface area is 127 Å². The molecule has 0 spiro atoms. The van der Waals surface area contributed by atoms with Gasteiger partial charge in [0.2, 0.25) is 0 Å². The minimum atomic E-state index is -0.114. The first-order valence-corrected chi connectivity index (χ1v) is 7.84. The van der Waals surface area contributed by atoms with Crippen molar-refractivity contribution in [3.8, 4) is 0 Å². The Morgan fingerprint density at radius 1 is 1.14 bits per heavy atom. The van der Waals surface area contributed by atoms with Gasteiger partial charge in [-0.2, -0.15) is 0 Å². The molecule has 3 nitrogen and oxygen atoms in total. The number of carbonyl (C=O) groups is 1. The molecule has 0 aliphatic carbocycles. The van der Waals surface area contributed by atoms with Crippen LogP contribution < -0.4 is 5.32 Å². The number of amides is 1. The summed E-state index contributed by atoms with van der Waals surface area (Å²) in [5.41, 5.74) is 2.83. The van der Waals surface area contributed by atoms with Crippen molar-refractivity contribution in [1.82, 2.24) is 4.98 Å². The van der Waals surface area contributed by atoms with Crippen LogP contribution >= 0.6 is 11.3 Å². The molecule has 2 aromatic carbocycles. The van der Waals surface area contributed by atoms with E-state index in [1.165, 1.54) is 16.9 Å². The lowest BCUT2D eigenvalue weighted by Gasteiger charge is -2.03. The third-order valence-electron chi connectivity index (χ3n) is 3.27. The summed E-state index contributed by atoms with van der Waals surface area (Å²) in [6.45, 7) is 2.15. The second kappa shape index (κ2) is 6.06. The standard InChI is InChI=1S/C17H16N2OS/c1-2-5-12-8-10-13(11-9-12)16(20)19-17-18-14-6-3-4-7-15(14)21-17/h3-4,6-11H,2,5H2,1H3,(H,18,19,20). The van der Waals surface area contributed by atoms with Crippen LogP contribution in [0.5, 0.6) is 0 Å². The van der Waals surface area contributed by atoms with Crippen molar-refractivity contribution in [1.29, 1.82) is 0 Å². The van der Waals surface area contributed by atoms with E-state index in [-0.39, 0.29) is 5.91 Å². The Kier molecular flexibility index (Phi) is 3.97. The number of aryl methyl sites for hydroxylation is 1. The molecule has 3 rings (SSSR count). The maximum absolute atomic E-state index is 12.2. The predicted molar refractivity (Wildman–Crippen MR) is 88.0 cm³/mol. The highest BCUT2D eigenvalue weighted by Crippen LogP contribution is 2.25. The van der Waals surface area contributed by atoms with Crippen molar-refractivity contribution in [3.05, 3.63) is 59.7 Å². The van der Waals surface area contributed by atoms with Crippen LogP contribution in [0.25, 0.3) is 10.2 Å². The number of fused-ring (bicyclic) bond motifs is 1. The number of nitrogens with zero attached hydrogens (tertiary/aromatic N) is 1. The first-order chi connectivity index (χ1) is 10.3. The lowest BCUT2D eigenvalue weighted by molar-refractivity contribution is 0.102. The molecule has 0 radical (unpaired) electrons. The number of thiazole rings is 1. The Bertz CT molecular complexity index is 729. The van der Waals surface area contributed by atoms with Gasteiger partial charge in [0.05, 0.1) is 10.2 Å². The van der Waals surface area contributed by atoms with Crippen molar-refractivity contribution >= 4 is 32.6 Å². The first kappa shape index (κ1) is 13.8. The molecule has 1 amide bonds. The number of rotatable bonds is 4. The van der Waals surface area contributed by atoms with Gasteiger partial charge < -0.3 is 0 Å². The van der Waals surface area contributed by atoms with Gasteiger partial charge in [0.25, 0.3) is 5.91 Å². The van der Waals surface area contributed by atoms with Gasteiger partial charge in [0, 0.05) is 5.56 Å². The summed E-state index contributed by atoms with van der Waals surface area (Å²) in [6.07, 6.45) is 2.15. The highest BCUT2D eigenvalue weighted by Gasteiger charge is 2.09. The zero-order chi connectivity index (χ0) is 14.7. The number of carbonyl (C=O) groups excluding carboxylic acids is 1. The van der Waals surface area contributed by atoms with E-state index < -0.39 is 0 Å². The molecule has 0 aliphatic heterocycles. The molecule has 1 N–H and O–H groups in total. The second-order valence-corrected chi connectivity index (χ2v) is 5.92. The fourth-order valence-electron chi connectivity index (χ4n) is 2.21. The number of hydrogen-bond donors (Lipinski definition) is 1. The van der Waals surface area contributed by atoms with E-state index >= 15 is 0 Å². The maximum atomic E-state index is 12.2. The van der Waals surface area contributed by atoms with Crippen LogP contribution in [-0.4, -0.2) is 10.9 Å². The van der Waals surface area contributed by atoms with Gasteiger partial charge in [0.1, 0.15) is 0 Å². The van der Waals surface area contributed by atoms with Crippen LogP contribution in [0.15, 0.2) is 48.5 Å². The van der Waals surface area contributed by atoms with Crippen molar-refractivity contribution in [2.45, 2.75) is 19.8 Å². The molecular formula is C17H16N2OS. The average Bonchev–Trinajstić information content (AvgIpc) is 2.90. The number of benzene rings is 2. The van der Waals surface area contributed by atoms with E-state index in [0.717, 1.165) is 23.1 Å². The minimum absolute atomic E-state index is 0.114. The van der Waals surface area contributed by atoms with E-state index in [2.05, 4.69) is 17.2 Å². The molecule has 4 heteroatoms. The quantitative estimate of drug-likeness (QED) is 0.770. The predicted octanol–water partition coefficient (Wildman–Crippen LogP) is 4.50. The maximum Gasteiger partial charge on any atom is 0.257 e. The first-order valence-electron chi connectivity index (χ1n) is 7.02. The third-order valence-corrected chi connectivity index (χ3v) is 4.22. The van der Waals surface area contributed by atoms with Crippen molar-refractivity contribution in [2.24, 2.45) is 0 Å². The molecule has 21 heavy (non-hydrogen) atoms. The minimum Gasteiger partial charge on any atom is -0.298 e. The van der Waals surface area contributed by atoms with Crippen LogP contribution in [0.2, 0.25) is 0 Å². The van der Waals surface area contributed by atoms with E-state index in [0.29, 0.717) is 10.7 Å². The summed E-state index contributed by atoms with van der Waals surface area (Å²) in [5.74, 6) is -0.114. The van der Waals surface area contributed by atoms with Gasteiger partial charge in [-0.1, -0.05) is 48.9 Å². The molecule has 106 valence electrons. The van der Waals surface area contributed by atoms with Crippen molar-refractivity contribution in [2.75, 3.05) is 5.32 Å². The molecule has 0 atom stereocenters. The van der Waals surface area contributed by atoms with Gasteiger partial charge >= 0.3 is 0 Å². The lowest BCUT2D eigenvalue weighted by atomic mass is 10.1. The molecule has 1 aromatic heterocycles. The van der Waals surface area contributed by atoms with E-state index in [4.69, 9.17) is 0 Å². The largest absolute Gasteiger partial charge is 0.298 e. The van der Waals surface area contributed by atoms with Gasteiger partial charge in [0.15, 0.2) is 5.13 Å². The van der Waals surface area contributed by atoms with Gasteiger partial charge in [-0.3, -0.25) is 10.1 Å². The van der Waals surface area contributed by atoms with Crippen LogP contribution in [0.4, 0.5) is 5.13 Å². The van der Waals surface area contributed by atoms with Crippen molar-refractivity contribution < 1.29 is 4.79 Å². The number of hydrogen-bond acceptors (Lipinski definition) is 3. The molecule has 0 bridgehead atoms. The lowest BCUT2D eigenvalue weighted by Crippen LogP contribution is -2.11. The number of para-hydroxylation sites is 1. The smallest absolute Gasteiger partial charge is 0.257 e. The topological polar surface area (TPSA) is 42.0 Å². The third kappa shape index (κ3) is 3.11. The van der Waals surface area contributed by atoms with Crippen molar-refractivity contribution in [3.63, 3.8) is 0 Å². The van der Waals surface area contributed by atoms with Gasteiger partial charge in [-0.05, 0) is 36.2 Å². The molecular weight excluding hydrogens is 280 g/mol. The van der Waals surface area contributed by atoms with Crippen LogP contribution in [-0.2, 0) is 6.42 Å². The van der Waals surface area contributed by atoms with Crippen LogP contribution in [0, 0.1) is 0 Å². The van der Waals surface area contributed by atoms with Gasteiger partial charge in [-0.25, -0.2) is 4.98 Å². The summed E-state index contributed by atoms with van der Waals surface area (Å²) in [7, 11) is 0. The summed E-state index contributed by atoms with van der Waals surface area (Å²) >= 11 is 1.49. The van der Waals surface area contributed by atoms with E-state index in [1.807, 2.05) is 48.5 Å². The zero-order valence-electron chi connectivity index (χ0n) is 11.8. The van der Waals surface area contributed by atoms with Gasteiger partial charge in [-0.15, -0.1) is 0 Å². The monoisotopic (exact) mass is 296 g/mol. The number of aromatic nitrogens is 1. The van der Waals surface area contributed by atoms with Crippen LogP contribution in [0.3, 0.4) is 0 Å². The normalized spacial score (nSPS) is 10.7. The fraction of sp³-hybridized carbons (Fsp3) is 0.176. The molecule has 3 aromatic rings. The Balaban J connectivity index is 1.76. The Hall–Kier alpha value is -2.20. The highest BCUT2D eigenvalue weighted by atomic mass is 32.1. The molecule has 0 saturated carbocycles. The molecule has 0 fully saturated rings.